The van der Waals surface area contributed by atoms with E-state index in [-0.39, 0.29) is 24.3 Å². The molecule has 0 unspecified atom stereocenters. The van der Waals surface area contributed by atoms with Crippen LogP contribution in [0.4, 0.5) is 0 Å². The van der Waals surface area contributed by atoms with E-state index < -0.39 is 18.4 Å². The molecule has 9 heavy (non-hydrogen) atoms. The first-order chi connectivity index (χ1) is 3.13. The number of aliphatic carboxylic acids is 2. The van der Waals surface area contributed by atoms with E-state index in [1.165, 1.54) is 0 Å². The van der Waals surface area contributed by atoms with Crippen LogP contribution in [0.25, 0.3) is 0 Å². The minimum atomic E-state index is -1.31. The molecule has 0 saturated heterocycles. The zero-order valence-electron chi connectivity index (χ0n) is 3.92. The first-order valence-corrected chi connectivity index (χ1v) is 1.56. The van der Waals surface area contributed by atoms with E-state index in [4.69, 9.17) is 10.2 Å². The molecule has 50 valence electrons. The third kappa shape index (κ3) is 18.5. The molecule has 0 fully saturated rings. The van der Waals surface area contributed by atoms with Crippen LogP contribution in [0.1, 0.15) is 6.42 Å². The first kappa shape index (κ1) is 15.8. The second-order valence-electron chi connectivity index (χ2n) is 0.964. The van der Waals surface area contributed by atoms with Crippen LogP contribution in [0.15, 0.2) is 0 Å². The van der Waals surface area contributed by atoms with Crippen molar-refractivity contribution in [3.05, 3.63) is 0 Å². The monoisotopic (exact) mass is 130 g/mol. The van der Waals surface area contributed by atoms with Crippen LogP contribution in [0.5, 0.6) is 0 Å². The third-order valence-corrected chi connectivity index (χ3v) is 0.302. The van der Waals surface area contributed by atoms with Gasteiger partial charge in [0, 0.05) is 0 Å². The van der Waals surface area contributed by atoms with E-state index in [2.05, 4.69) is 0 Å². The Morgan fingerprint density at radius 2 is 1.33 bits per heavy atom. The maximum absolute atomic E-state index is 9.43. The van der Waals surface area contributed by atoms with Crippen molar-refractivity contribution < 1.29 is 25.3 Å². The summed E-state index contributed by atoms with van der Waals surface area (Å²) >= 11 is 0. The van der Waals surface area contributed by atoms with Gasteiger partial charge < -0.3 is 15.7 Å². The molecule has 5 nitrogen and oxygen atoms in total. The van der Waals surface area contributed by atoms with Crippen molar-refractivity contribution in [2.45, 2.75) is 6.42 Å². The minimum absolute atomic E-state index is 0. The van der Waals surface area contributed by atoms with E-state index in [1.807, 2.05) is 0 Å². The van der Waals surface area contributed by atoms with Gasteiger partial charge in [0.25, 0.3) is 0 Å². The Morgan fingerprint density at radius 3 is 1.33 bits per heavy atom. The molecule has 6 heteroatoms. The van der Waals surface area contributed by atoms with Gasteiger partial charge >= 0.3 is 30.8 Å². The average molecular weight is 130 g/mol. The molecule has 0 radical (unpaired) electrons. The van der Waals surface area contributed by atoms with Crippen LogP contribution in [-0.4, -0.2) is 46.5 Å². The predicted octanol–water partition coefficient (Wildman–Crippen LogP) is -1.93. The van der Waals surface area contributed by atoms with E-state index >= 15 is 0 Å². The summed E-state index contributed by atoms with van der Waals surface area (Å²) in [5.41, 5.74) is 0. The van der Waals surface area contributed by atoms with Crippen molar-refractivity contribution in [3.63, 3.8) is 0 Å². The molecular weight excluding hydrogens is 123 g/mol. The Hall–Kier alpha value is -0.503. The summed E-state index contributed by atoms with van der Waals surface area (Å²) < 4.78 is 0. The SMILES string of the molecule is O.O=C(O)CC(=O)O.[LiH]. The van der Waals surface area contributed by atoms with Gasteiger partial charge in [0.05, 0.1) is 0 Å². The number of rotatable bonds is 2. The predicted molar refractivity (Wildman–Crippen MR) is 30.7 cm³/mol. The molecule has 0 aliphatic carbocycles. The van der Waals surface area contributed by atoms with Crippen LogP contribution in [0.2, 0.25) is 0 Å². The summed E-state index contributed by atoms with van der Waals surface area (Å²) in [6, 6.07) is 0. The van der Waals surface area contributed by atoms with Gasteiger partial charge in [-0.1, -0.05) is 0 Å². The van der Waals surface area contributed by atoms with Gasteiger partial charge in [0.15, 0.2) is 0 Å². The van der Waals surface area contributed by atoms with Crippen LogP contribution in [0.3, 0.4) is 0 Å². The molecule has 0 heterocycles. The summed E-state index contributed by atoms with van der Waals surface area (Å²) in [5.74, 6) is -2.62. The van der Waals surface area contributed by atoms with Gasteiger partial charge in [-0.2, -0.15) is 0 Å². The molecule has 0 aliphatic rings. The van der Waals surface area contributed by atoms with Crippen LogP contribution in [0, 0.1) is 0 Å². The van der Waals surface area contributed by atoms with E-state index in [0.29, 0.717) is 0 Å². The average Bonchev–Trinajstić information content (AvgIpc) is 1.27. The first-order valence-electron chi connectivity index (χ1n) is 1.56. The summed E-state index contributed by atoms with van der Waals surface area (Å²) in [7, 11) is 0. The van der Waals surface area contributed by atoms with Gasteiger partial charge in [-0.25, -0.2) is 0 Å². The Morgan fingerprint density at radius 1 is 1.11 bits per heavy atom. The molecule has 0 aliphatic heterocycles. The fourth-order valence-electron chi connectivity index (χ4n) is 0.129. The standard InChI is InChI=1S/C3H4O4.Li.H2O.H/c4-2(5)1-3(6)7;;;/h1H2,(H,4,5)(H,6,7);;1H2;. The van der Waals surface area contributed by atoms with Crippen molar-refractivity contribution in [2.75, 3.05) is 0 Å². The number of hydrogen-bond acceptors (Lipinski definition) is 2. The van der Waals surface area contributed by atoms with Crippen molar-refractivity contribution in [3.8, 4) is 0 Å². The van der Waals surface area contributed by atoms with E-state index in [1.54, 1.807) is 0 Å². The molecule has 0 atom stereocenters. The zero-order valence-corrected chi connectivity index (χ0v) is 3.92. The quantitative estimate of drug-likeness (QED) is 0.335. The third-order valence-electron chi connectivity index (χ3n) is 0.302. The number of carboxylic acids is 2. The Labute approximate surface area is 63.2 Å². The Bertz CT molecular complexity index is 88.4. The molecule has 0 amide bonds. The molecule has 0 rings (SSSR count). The molecule has 0 saturated carbocycles. The van der Waals surface area contributed by atoms with Gasteiger partial charge in [0.1, 0.15) is 6.42 Å². The van der Waals surface area contributed by atoms with E-state index in [9.17, 15) is 9.59 Å². The number of carbonyl (C=O) groups is 2. The topological polar surface area (TPSA) is 106 Å². The van der Waals surface area contributed by atoms with Crippen LogP contribution in [-0.2, 0) is 9.59 Å². The van der Waals surface area contributed by atoms with Gasteiger partial charge in [0.2, 0.25) is 0 Å². The van der Waals surface area contributed by atoms with Crippen LogP contribution < -0.4 is 0 Å². The summed E-state index contributed by atoms with van der Waals surface area (Å²) in [5, 5.41) is 15.4. The van der Waals surface area contributed by atoms with E-state index in [0.717, 1.165) is 0 Å². The van der Waals surface area contributed by atoms with Crippen molar-refractivity contribution in [2.24, 2.45) is 0 Å². The van der Waals surface area contributed by atoms with Gasteiger partial charge in [-0.3, -0.25) is 9.59 Å². The van der Waals surface area contributed by atoms with Gasteiger partial charge in [-0.05, 0) is 0 Å². The normalized spacial score (nSPS) is 6.22. The molecular formula is C3H7LiO5. The molecule has 0 aromatic heterocycles. The van der Waals surface area contributed by atoms with Crippen molar-refractivity contribution in [1.29, 1.82) is 0 Å². The second kappa shape index (κ2) is 7.50. The Kier molecular flexibility index (Phi) is 13.2. The maximum atomic E-state index is 9.43. The second-order valence-corrected chi connectivity index (χ2v) is 0.964. The summed E-state index contributed by atoms with van der Waals surface area (Å²) in [4.78, 5) is 18.9. The molecule has 4 N–H and O–H groups in total. The Balaban J connectivity index is -0.000000180. The van der Waals surface area contributed by atoms with Crippen molar-refractivity contribution >= 4 is 30.8 Å². The summed E-state index contributed by atoms with van der Waals surface area (Å²) in [6.07, 6.45) is -0.806. The molecule has 0 spiro atoms. The zero-order chi connectivity index (χ0) is 5.86. The fourth-order valence-corrected chi connectivity index (χ4v) is 0.129. The molecule has 0 bridgehead atoms. The fraction of sp³-hybridized carbons (Fsp3) is 0.333. The number of hydrogen-bond donors (Lipinski definition) is 2. The number of carboxylic acid groups (broad SMARTS) is 2. The van der Waals surface area contributed by atoms with Gasteiger partial charge in [-0.15, -0.1) is 0 Å². The molecule has 0 aromatic rings. The van der Waals surface area contributed by atoms with Crippen molar-refractivity contribution in [1.82, 2.24) is 0 Å². The molecule has 0 aromatic carbocycles. The summed E-state index contributed by atoms with van der Waals surface area (Å²) in [6.45, 7) is 0. The van der Waals surface area contributed by atoms with Crippen LogP contribution >= 0.6 is 0 Å².